The van der Waals surface area contributed by atoms with Crippen molar-refractivity contribution in [2.75, 3.05) is 33.9 Å². The molecule has 0 aromatic heterocycles. The molecule has 1 aromatic rings. The van der Waals surface area contributed by atoms with Crippen LogP contribution >= 0.6 is 0 Å². The molecule has 0 fully saturated rings. The molecule has 0 saturated carbocycles. The number of ether oxygens (including phenoxy) is 2. The van der Waals surface area contributed by atoms with E-state index in [0.29, 0.717) is 24.7 Å². The Kier molecular flexibility index (Phi) is 6.15. The number of carbonyl (C=O) groups is 1. The van der Waals surface area contributed by atoms with Crippen LogP contribution in [0.25, 0.3) is 0 Å². The number of hydrogen-bond acceptors (Lipinski definition) is 4. The lowest BCUT2D eigenvalue weighted by atomic mass is 10.1. The molecular formula is C14H22N2O3. The molecule has 5 nitrogen and oxygen atoms in total. The molecular weight excluding hydrogens is 244 g/mol. The number of hydrogen-bond donors (Lipinski definition) is 1. The predicted molar refractivity (Wildman–Crippen MR) is 74.6 cm³/mol. The number of nitrogens with zero attached hydrogens (tertiary/aromatic N) is 1. The maximum absolute atomic E-state index is 11.5. The minimum Gasteiger partial charge on any atom is -0.490 e. The molecule has 5 heteroatoms. The van der Waals surface area contributed by atoms with Crippen LogP contribution in [0.2, 0.25) is 0 Å². The molecule has 0 aliphatic rings. The number of benzene rings is 1. The summed E-state index contributed by atoms with van der Waals surface area (Å²) in [6.07, 6.45) is 0.789. The van der Waals surface area contributed by atoms with Gasteiger partial charge in [0.15, 0.2) is 18.1 Å². The van der Waals surface area contributed by atoms with Crippen molar-refractivity contribution in [3.8, 4) is 11.5 Å². The molecule has 0 saturated heterocycles. The first kappa shape index (κ1) is 15.3. The van der Waals surface area contributed by atoms with Gasteiger partial charge in [0.1, 0.15) is 0 Å². The van der Waals surface area contributed by atoms with Crippen molar-refractivity contribution in [1.29, 1.82) is 0 Å². The Morgan fingerprint density at radius 2 is 2.00 bits per heavy atom. The van der Waals surface area contributed by atoms with Crippen LogP contribution in [0.15, 0.2) is 18.2 Å². The quantitative estimate of drug-likeness (QED) is 0.801. The first-order valence-corrected chi connectivity index (χ1v) is 6.37. The third-order valence-electron chi connectivity index (χ3n) is 2.59. The number of amides is 1. The van der Waals surface area contributed by atoms with Crippen molar-refractivity contribution in [3.63, 3.8) is 0 Å². The fraction of sp³-hybridized carbons (Fsp3) is 0.500. The number of likely N-dealkylation sites (N-methyl/N-ethyl adjacent to an activating group) is 1. The summed E-state index contributed by atoms with van der Waals surface area (Å²) in [5.41, 5.74) is 6.63. The van der Waals surface area contributed by atoms with E-state index in [1.54, 1.807) is 14.1 Å². The highest BCUT2D eigenvalue weighted by molar-refractivity contribution is 5.77. The fourth-order valence-corrected chi connectivity index (χ4v) is 1.53. The zero-order chi connectivity index (χ0) is 14.3. The second-order valence-electron chi connectivity index (χ2n) is 4.33. The van der Waals surface area contributed by atoms with E-state index in [4.69, 9.17) is 15.2 Å². The molecule has 0 spiro atoms. The van der Waals surface area contributed by atoms with E-state index >= 15 is 0 Å². The second kappa shape index (κ2) is 7.63. The normalized spacial score (nSPS) is 10.1. The zero-order valence-corrected chi connectivity index (χ0v) is 11.8. The van der Waals surface area contributed by atoms with Crippen molar-refractivity contribution >= 4 is 5.91 Å². The average molecular weight is 266 g/mol. The molecule has 1 amide bonds. The van der Waals surface area contributed by atoms with Gasteiger partial charge >= 0.3 is 0 Å². The van der Waals surface area contributed by atoms with Crippen LogP contribution in [-0.4, -0.2) is 44.7 Å². The standard InChI is InChI=1S/C14H22N2O3/c1-4-18-13-9-11(7-8-15)5-6-12(13)19-10-14(17)16(2)3/h5-6,9H,4,7-8,10,15H2,1-3H3. The van der Waals surface area contributed by atoms with Gasteiger partial charge in [-0.25, -0.2) is 0 Å². The first-order chi connectivity index (χ1) is 9.08. The van der Waals surface area contributed by atoms with Crippen LogP contribution in [0.4, 0.5) is 0 Å². The van der Waals surface area contributed by atoms with Gasteiger partial charge < -0.3 is 20.1 Å². The van der Waals surface area contributed by atoms with Crippen molar-refractivity contribution in [2.45, 2.75) is 13.3 Å². The molecule has 0 heterocycles. The van der Waals surface area contributed by atoms with Crippen LogP contribution in [0.1, 0.15) is 12.5 Å². The van der Waals surface area contributed by atoms with Gasteiger partial charge in [-0.3, -0.25) is 4.79 Å². The number of rotatable bonds is 7. The van der Waals surface area contributed by atoms with E-state index in [9.17, 15) is 4.79 Å². The van der Waals surface area contributed by atoms with E-state index < -0.39 is 0 Å². The zero-order valence-electron chi connectivity index (χ0n) is 11.8. The highest BCUT2D eigenvalue weighted by Gasteiger charge is 2.10. The Hall–Kier alpha value is -1.75. The van der Waals surface area contributed by atoms with Gasteiger partial charge in [-0.15, -0.1) is 0 Å². The Bertz CT molecular complexity index is 419. The van der Waals surface area contributed by atoms with Gasteiger partial charge in [-0.05, 0) is 37.6 Å². The molecule has 1 aromatic carbocycles. The lowest BCUT2D eigenvalue weighted by Gasteiger charge is -2.15. The van der Waals surface area contributed by atoms with Crippen LogP contribution in [0, 0.1) is 0 Å². The lowest BCUT2D eigenvalue weighted by Crippen LogP contribution is -2.27. The summed E-state index contributed by atoms with van der Waals surface area (Å²) in [5, 5.41) is 0. The van der Waals surface area contributed by atoms with E-state index in [-0.39, 0.29) is 12.5 Å². The van der Waals surface area contributed by atoms with E-state index in [0.717, 1.165) is 12.0 Å². The smallest absolute Gasteiger partial charge is 0.259 e. The van der Waals surface area contributed by atoms with E-state index in [1.807, 2.05) is 25.1 Å². The molecule has 0 atom stereocenters. The third kappa shape index (κ3) is 4.79. The van der Waals surface area contributed by atoms with Gasteiger partial charge in [0.25, 0.3) is 5.91 Å². The van der Waals surface area contributed by atoms with Crippen LogP contribution in [0.3, 0.4) is 0 Å². The summed E-state index contributed by atoms with van der Waals surface area (Å²) in [4.78, 5) is 13.0. The molecule has 0 bridgehead atoms. The highest BCUT2D eigenvalue weighted by Crippen LogP contribution is 2.28. The maximum atomic E-state index is 11.5. The molecule has 0 radical (unpaired) electrons. The molecule has 1 rings (SSSR count). The molecule has 0 aliphatic carbocycles. The van der Waals surface area contributed by atoms with E-state index in [2.05, 4.69) is 0 Å². The molecule has 106 valence electrons. The van der Waals surface area contributed by atoms with Gasteiger partial charge in [0.05, 0.1) is 6.61 Å². The Morgan fingerprint density at radius 3 is 2.58 bits per heavy atom. The first-order valence-electron chi connectivity index (χ1n) is 6.37. The van der Waals surface area contributed by atoms with Crippen LogP contribution in [0.5, 0.6) is 11.5 Å². The molecule has 0 unspecified atom stereocenters. The summed E-state index contributed by atoms with van der Waals surface area (Å²) in [5.74, 6) is 1.14. The van der Waals surface area contributed by atoms with Crippen LogP contribution in [-0.2, 0) is 11.2 Å². The van der Waals surface area contributed by atoms with Gasteiger partial charge in [0, 0.05) is 14.1 Å². The Morgan fingerprint density at radius 1 is 1.26 bits per heavy atom. The largest absolute Gasteiger partial charge is 0.490 e. The second-order valence-corrected chi connectivity index (χ2v) is 4.33. The van der Waals surface area contributed by atoms with Crippen LogP contribution < -0.4 is 15.2 Å². The number of carbonyl (C=O) groups excluding carboxylic acids is 1. The minimum absolute atomic E-state index is 0.00328. The van der Waals surface area contributed by atoms with Crippen molar-refractivity contribution < 1.29 is 14.3 Å². The summed E-state index contributed by atoms with van der Waals surface area (Å²) >= 11 is 0. The topological polar surface area (TPSA) is 64.8 Å². The lowest BCUT2D eigenvalue weighted by molar-refractivity contribution is -0.130. The minimum atomic E-state index is -0.0894. The van der Waals surface area contributed by atoms with Crippen molar-refractivity contribution in [3.05, 3.63) is 23.8 Å². The SMILES string of the molecule is CCOc1cc(CCN)ccc1OCC(=O)N(C)C. The molecule has 19 heavy (non-hydrogen) atoms. The Labute approximate surface area is 114 Å². The van der Waals surface area contributed by atoms with Crippen molar-refractivity contribution in [1.82, 2.24) is 4.90 Å². The predicted octanol–water partition coefficient (Wildman–Crippen LogP) is 1.05. The van der Waals surface area contributed by atoms with Gasteiger partial charge in [-0.1, -0.05) is 6.07 Å². The fourth-order valence-electron chi connectivity index (χ4n) is 1.53. The molecule has 0 aliphatic heterocycles. The summed E-state index contributed by atoms with van der Waals surface area (Å²) in [6, 6.07) is 5.66. The summed E-state index contributed by atoms with van der Waals surface area (Å²) in [7, 11) is 3.39. The average Bonchev–Trinajstić information content (AvgIpc) is 2.38. The molecule has 2 N–H and O–H groups in total. The monoisotopic (exact) mass is 266 g/mol. The number of nitrogens with two attached hydrogens (primary N) is 1. The van der Waals surface area contributed by atoms with Gasteiger partial charge in [0.2, 0.25) is 0 Å². The maximum Gasteiger partial charge on any atom is 0.259 e. The van der Waals surface area contributed by atoms with Crippen molar-refractivity contribution in [2.24, 2.45) is 5.73 Å². The summed E-state index contributed by atoms with van der Waals surface area (Å²) < 4.78 is 11.0. The Balaban J connectivity index is 2.78. The van der Waals surface area contributed by atoms with E-state index in [1.165, 1.54) is 4.90 Å². The summed E-state index contributed by atoms with van der Waals surface area (Å²) in [6.45, 7) is 3.04. The third-order valence-corrected chi connectivity index (χ3v) is 2.59. The van der Waals surface area contributed by atoms with Gasteiger partial charge in [-0.2, -0.15) is 0 Å². The highest BCUT2D eigenvalue weighted by atomic mass is 16.5.